The van der Waals surface area contributed by atoms with Gasteiger partial charge in [-0.25, -0.2) is 0 Å². The maximum Gasteiger partial charge on any atom is 0.0781 e. The van der Waals surface area contributed by atoms with Crippen LogP contribution in [0.15, 0.2) is 17.8 Å². The molecule has 0 atom stereocenters. The molecule has 0 heterocycles. The third kappa shape index (κ3) is 3.06. The molecule has 0 fully saturated rings. The van der Waals surface area contributed by atoms with Crippen LogP contribution in [0.3, 0.4) is 0 Å². The molecule has 0 aliphatic rings. The molecule has 0 aromatic carbocycles. The SMILES string of the molecule is C=CN=C(SC)C(C)(C)C. The zero-order valence-corrected chi connectivity index (χ0v) is 7.96. The Morgan fingerprint density at radius 2 is 2.00 bits per heavy atom. The van der Waals surface area contributed by atoms with Crippen molar-refractivity contribution in [3.8, 4) is 0 Å². The molecule has 0 saturated heterocycles. The summed E-state index contributed by atoms with van der Waals surface area (Å²) in [6, 6.07) is 0. The fraction of sp³-hybridized carbons (Fsp3) is 0.625. The molecule has 0 aromatic heterocycles. The molecule has 0 aliphatic carbocycles. The van der Waals surface area contributed by atoms with E-state index in [0.717, 1.165) is 5.04 Å². The lowest BCUT2D eigenvalue weighted by atomic mass is 9.99. The van der Waals surface area contributed by atoms with Crippen molar-refractivity contribution in [2.75, 3.05) is 6.26 Å². The molecule has 0 N–H and O–H groups in total. The van der Waals surface area contributed by atoms with E-state index in [-0.39, 0.29) is 5.41 Å². The summed E-state index contributed by atoms with van der Waals surface area (Å²) < 4.78 is 0. The fourth-order valence-electron chi connectivity index (χ4n) is 0.635. The molecule has 10 heavy (non-hydrogen) atoms. The number of hydrogen-bond acceptors (Lipinski definition) is 2. The van der Waals surface area contributed by atoms with Gasteiger partial charge in [0, 0.05) is 11.6 Å². The van der Waals surface area contributed by atoms with Gasteiger partial charge < -0.3 is 0 Å². The van der Waals surface area contributed by atoms with Crippen molar-refractivity contribution in [2.24, 2.45) is 10.4 Å². The van der Waals surface area contributed by atoms with Gasteiger partial charge in [0.1, 0.15) is 0 Å². The van der Waals surface area contributed by atoms with Gasteiger partial charge in [0.15, 0.2) is 0 Å². The summed E-state index contributed by atoms with van der Waals surface area (Å²) in [5, 5.41) is 1.13. The molecule has 0 aromatic rings. The summed E-state index contributed by atoms with van der Waals surface area (Å²) in [6.45, 7) is 10.00. The first-order valence-electron chi connectivity index (χ1n) is 3.25. The molecule has 2 heteroatoms. The van der Waals surface area contributed by atoms with Crippen molar-refractivity contribution in [1.29, 1.82) is 0 Å². The van der Waals surface area contributed by atoms with Gasteiger partial charge in [0.2, 0.25) is 0 Å². The second-order valence-corrected chi connectivity index (χ2v) is 3.87. The summed E-state index contributed by atoms with van der Waals surface area (Å²) in [7, 11) is 0. The average molecular weight is 157 g/mol. The van der Waals surface area contributed by atoms with E-state index in [0.29, 0.717) is 0 Å². The van der Waals surface area contributed by atoms with E-state index in [9.17, 15) is 0 Å². The Balaban J connectivity index is 4.35. The number of aliphatic imine (C=N–C) groups is 1. The molecule has 0 unspecified atom stereocenters. The molecule has 0 aliphatic heterocycles. The van der Waals surface area contributed by atoms with Crippen LogP contribution < -0.4 is 0 Å². The molecule has 0 radical (unpaired) electrons. The third-order valence-corrected chi connectivity index (χ3v) is 2.15. The van der Waals surface area contributed by atoms with E-state index < -0.39 is 0 Å². The van der Waals surface area contributed by atoms with Gasteiger partial charge in [0.05, 0.1) is 5.04 Å². The van der Waals surface area contributed by atoms with Gasteiger partial charge in [-0.05, 0) is 6.26 Å². The molecule has 0 amide bonds. The second-order valence-electron chi connectivity index (χ2n) is 3.07. The smallest absolute Gasteiger partial charge is 0.0781 e. The fourth-order valence-corrected chi connectivity index (χ4v) is 1.43. The van der Waals surface area contributed by atoms with Gasteiger partial charge >= 0.3 is 0 Å². The number of hydrogen-bond donors (Lipinski definition) is 0. The molecule has 0 bridgehead atoms. The van der Waals surface area contributed by atoms with E-state index in [1.165, 1.54) is 0 Å². The molecule has 0 spiro atoms. The zero-order valence-electron chi connectivity index (χ0n) is 7.14. The predicted octanol–water partition coefficient (Wildman–Crippen LogP) is 2.94. The average Bonchev–Trinajstić information content (AvgIpc) is 1.80. The first kappa shape index (κ1) is 9.76. The number of rotatable bonds is 1. The maximum atomic E-state index is 4.16. The summed E-state index contributed by atoms with van der Waals surface area (Å²) in [5.41, 5.74) is 0.160. The first-order valence-corrected chi connectivity index (χ1v) is 4.48. The van der Waals surface area contributed by atoms with Crippen molar-refractivity contribution in [1.82, 2.24) is 0 Å². The number of nitrogens with zero attached hydrogens (tertiary/aromatic N) is 1. The zero-order chi connectivity index (χ0) is 8.20. The highest BCUT2D eigenvalue weighted by Crippen LogP contribution is 2.22. The van der Waals surface area contributed by atoms with Crippen molar-refractivity contribution in [2.45, 2.75) is 20.8 Å². The Morgan fingerprint density at radius 1 is 1.50 bits per heavy atom. The quantitative estimate of drug-likeness (QED) is 0.421. The number of thioether (sulfide) groups is 1. The van der Waals surface area contributed by atoms with Crippen LogP contribution in [-0.2, 0) is 0 Å². The largest absolute Gasteiger partial charge is 0.255 e. The van der Waals surface area contributed by atoms with E-state index >= 15 is 0 Å². The Morgan fingerprint density at radius 3 is 2.10 bits per heavy atom. The predicted molar refractivity (Wildman–Crippen MR) is 50.6 cm³/mol. The normalized spacial score (nSPS) is 13.4. The highest BCUT2D eigenvalue weighted by molar-refractivity contribution is 8.13. The molecule has 58 valence electrons. The van der Waals surface area contributed by atoms with Crippen LogP contribution in [0, 0.1) is 5.41 Å². The highest BCUT2D eigenvalue weighted by atomic mass is 32.2. The third-order valence-electron chi connectivity index (χ3n) is 1.04. The van der Waals surface area contributed by atoms with Crippen molar-refractivity contribution < 1.29 is 0 Å². The minimum absolute atomic E-state index is 0.160. The first-order chi connectivity index (χ1) is 4.52. The van der Waals surface area contributed by atoms with Gasteiger partial charge in [0.25, 0.3) is 0 Å². The summed E-state index contributed by atoms with van der Waals surface area (Å²) in [4.78, 5) is 4.16. The lowest BCUT2D eigenvalue weighted by molar-refractivity contribution is 0.602. The molecule has 0 rings (SSSR count). The van der Waals surface area contributed by atoms with Crippen molar-refractivity contribution in [3.63, 3.8) is 0 Å². The topological polar surface area (TPSA) is 12.4 Å². The summed E-state index contributed by atoms with van der Waals surface area (Å²) in [5.74, 6) is 0. The molecule has 1 nitrogen and oxygen atoms in total. The molecular weight excluding hydrogens is 142 g/mol. The lowest BCUT2D eigenvalue weighted by Crippen LogP contribution is -2.15. The van der Waals surface area contributed by atoms with E-state index in [4.69, 9.17) is 0 Å². The van der Waals surface area contributed by atoms with Crippen LogP contribution in [0.1, 0.15) is 20.8 Å². The van der Waals surface area contributed by atoms with E-state index in [1.807, 2.05) is 6.26 Å². The lowest BCUT2D eigenvalue weighted by Gasteiger charge is -2.18. The van der Waals surface area contributed by atoms with Crippen LogP contribution in [0.2, 0.25) is 0 Å². The standard InChI is InChI=1S/C8H15NS/c1-6-9-7(10-5)8(2,3)4/h6H,1H2,2-5H3. The van der Waals surface area contributed by atoms with Crippen LogP contribution in [0.25, 0.3) is 0 Å². The minimum Gasteiger partial charge on any atom is -0.255 e. The monoisotopic (exact) mass is 157 g/mol. The second kappa shape index (κ2) is 3.81. The maximum absolute atomic E-state index is 4.16. The van der Waals surface area contributed by atoms with Crippen LogP contribution in [-0.4, -0.2) is 11.3 Å². The van der Waals surface area contributed by atoms with Gasteiger partial charge in [-0.3, -0.25) is 4.99 Å². The molecule has 0 saturated carbocycles. The minimum atomic E-state index is 0.160. The Hall–Kier alpha value is -0.240. The highest BCUT2D eigenvalue weighted by Gasteiger charge is 2.16. The van der Waals surface area contributed by atoms with Crippen molar-refractivity contribution >= 4 is 16.8 Å². The molecular formula is C8H15NS. The van der Waals surface area contributed by atoms with Crippen molar-refractivity contribution in [3.05, 3.63) is 12.8 Å². The van der Waals surface area contributed by atoms with Gasteiger partial charge in [-0.2, -0.15) is 0 Å². The summed E-state index contributed by atoms with van der Waals surface area (Å²) in [6.07, 6.45) is 3.63. The van der Waals surface area contributed by atoms with E-state index in [2.05, 4.69) is 32.3 Å². The van der Waals surface area contributed by atoms with Crippen LogP contribution in [0.4, 0.5) is 0 Å². The Kier molecular flexibility index (Phi) is 3.72. The Bertz CT molecular complexity index is 142. The van der Waals surface area contributed by atoms with Gasteiger partial charge in [-0.15, -0.1) is 11.8 Å². The van der Waals surface area contributed by atoms with Crippen LogP contribution >= 0.6 is 11.8 Å². The van der Waals surface area contributed by atoms with E-state index in [1.54, 1.807) is 18.0 Å². The summed E-state index contributed by atoms with van der Waals surface area (Å²) >= 11 is 1.68. The van der Waals surface area contributed by atoms with Gasteiger partial charge in [-0.1, -0.05) is 27.4 Å². The Labute approximate surface area is 67.6 Å². The van der Waals surface area contributed by atoms with Crippen LogP contribution in [0.5, 0.6) is 0 Å².